The standard InChI is InChI=1S/C10H19BrO/c1-7(2)10(6-11)5-8(3)12-9(10)4/h7-9H,5-6H2,1-4H3. The minimum Gasteiger partial charge on any atom is -0.375 e. The molecule has 3 atom stereocenters. The summed E-state index contributed by atoms with van der Waals surface area (Å²) in [5.41, 5.74) is 0.361. The third kappa shape index (κ3) is 1.56. The Morgan fingerprint density at radius 3 is 2.25 bits per heavy atom. The predicted molar refractivity (Wildman–Crippen MR) is 55.7 cm³/mol. The topological polar surface area (TPSA) is 9.23 Å². The Morgan fingerprint density at radius 2 is 2.08 bits per heavy atom. The summed E-state index contributed by atoms with van der Waals surface area (Å²) in [5.74, 6) is 0.692. The first-order chi connectivity index (χ1) is 5.53. The molecule has 0 aliphatic carbocycles. The fraction of sp³-hybridized carbons (Fsp3) is 1.00. The third-order valence-electron chi connectivity index (χ3n) is 3.31. The minimum absolute atomic E-state index is 0.361. The molecule has 12 heavy (non-hydrogen) atoms. The number of alkyl halides is 1. The van der Waals surface area contributed by atoms with E-state index in [0.29, 0.717) is 23.5 Å². The Morgan fingerprint density at radius 1 is 1.50 bits per heavy atom. The Kier molecular flexibility index (Phi) is 3.21. The van der Waals surface area contributed by atoms with E-state index in [-0.39, 0.29) is 0 Å². The molecule has 0 aromatic carbocycles. The first-order valence-corrected chi connectivity index (χ1v) is 5.86. The summed E-state index contributed by atoms with van der Waals surface area (Å²) < 4.78 is 5.80. The summed E-state index contributed by atoms with van der Waals surface area (Å²) in [6, 6.07) is 0. The van der Waals surface area contributed by atoms with Gasteiger partial charge in [-0.3, -0.25) is 0 Å². The van der Waals surface area contributed by atoms with Crippen LogP contribution >= 0.6 is 15.9 Å². The molecule has 0 N–H and O–H groups in total. The van der Waals surface area contributed by atoms with E-state index >= 15 is 0 Å². The maximum atomic E-state index is 5.80. The van der Waals surface area contributed by atoms with E-state index in [0.717, 1.165) is 5.33 Å². The Hall–Kier alpha value is 0.440. The van der Waals surface area contributed by atoms with Crippen LogP contribution in [-0.4, -0.2) is 17.5 Å². The summed E-state index contributed by atoms with van der Waals surface area (Å²) >= 11 is 3.62. The van der Waals surface area contributed by atoms with Crippen molar-refractivity contribution in [2.24, 2.45) is 11.3 Å². The molecular formula is C10H19BrO. The molecule has 2 heteroatoms. The second kappa shape index (κ2) is 3.67. The van der Waals surface area contributed by atoms with Crippen LogP contribution in [0.25, 0.3) is 0 Å². The summed E-state index contributed by atoms with van der Waals surface area (Å²) in [7, 11) is 0. The summed E-state index contributed by atoms with van der Waals surface area (Å²) in [5, 5.41) is 1.06. The zero-order chi connectivity index (χ0) is 9.35. The van der Waals surface area contributed by atoms with E-state index in [1.807, 2.05) is 0 Å². The molecule has 0 amide bonds. The summed E-state index contributed by atoms with van der Waals surface area (Å²) in [6.45, 7) is 8.95. The van der Waals surface area contributed by atoms with Gasteiger partial charge in [0.25, 0.3) is 0 Å². The van der Waals surface area contributed by atoms with Gasteiger partial charge in [0.05, 0.1) is 12.2 Å². The summed E-state index contributed by atoms with van der Waals surface area (Å²) in [4.78, 5) is 0. The van der Waals surface area contributed by atoms with Gasteiger partial charge in [0.2, 0.25) is 0 Å². The maximum absolute atomic E-state index is 5.80. The van der Waals surface area contributed by atoms with E-state index in [2.05, 4.69) is 43.6 Å². The molecule has 0 aromatic rings. The lowest BCUT2D eigenvalue weighted by Crippen LogP contribution is -2.35. The monoisotopic (exact) mass is 234 g/mol. The number of hydrogen-bond acceptors (Lipinski definition) is 1. The highest BCUT2D eigenvalue weighted by molar-refractivity contribution is 9.09. The molecule has 0 radical (unpaired) electrons. The molecule has 1 saturated heterocycles. The van der Waals surface area contributed by atoms with Gasteiger partial charge in [-0.05, 0) is 26.2 Å². The third-order valence-corrected chi connectivity index (χ3v) is 4.36. The first kappa shape index (κ1) is 10.5. The molecule has 0 aromatic heterocycles. The highest BCUT2D eigenvalue weighted by atomic mass is 79.9. The molecule has 0 bridgehead atoms. The molecule has 72 valence electrons. The van der Waals surface area contributed by atoms with Gasteiger partial charge in [0.15, 0.2) is 0 Å². The molecule has 1 fully saturated rings. The quantitative estimate of drug-likeness (QED) is 0.668. The van der Waals surface area contributed by atoms with Crippen LogP contribution in [0, 0.1) is 11.3 Å². The van der Waals surface area contributed by atoms with Crippen LogP contribution in [0.3, 0.4) is 0 Å². The van der Waals surface area contributed by atoms with Crippen LogP contribution in [0.5, 0.6) is 0 Å². The van der Waals surface area contributed by atoms with Gasteiger partial charge < -0.3 is 4.74 Å². The zero-order valence-electron chi connectivity index (χ0n) is 8.43. The van der Waals surface area contributed by atoms with Gasteiger partial charge in [-0.15, -0.1) is 0 Å². The van der Waals surface area contributed by atoms with Gasteiger partial charge in [-0.1, -0.05) is 29.8 Å². The minimum atomic E-state index is 0.361. The Bertz CT molecular complexity index is 158. The van der Waals surface area contributed by atoms with Gasteiger partial charge in [0.1, 0.15) is 0 Å². The predicted octanol–water partition coefficient (Wildman–Crippen LogP) is 3.22. The van der Waals surface area contributed by atoms with E-state index in [4.69, 9.17) is 4.74 Å². The molecular weight excluding hydrogens is 216 g/mol. The number of hydrogen-bond donors (Lipinski definition) is 0. The van der Waals surface area contributed by atoms with Crippen LogP contribution in [0.4, 0.5) is 0 Å². The van der Waals surface area contributed by atoms with Crippen molar-refractivity contribution in [2.45, 2.75) is 46.3 Å². The van der Waals surface area contributed by atoms with Gasteiger partial charge >= 0.3 is 0 Å². The fourth-order valence-corrected chi connectivity index (χ4v) is 3.59. The SMILES string of the molecule is CC1CC(CBr)(C(C)C)C(C)O1. The van der Waals surface area contributed by atoms with Crippen LogP contribution in [0.1, 0.15) is 34.1 Å². The van der Waals surface area contributed by atoms with E-state index in [9.17, 15) is 0 Å². The van der Waals surface area contributed by atoms with E-state index in [1.165, 1.54) is 6.42 Å². The largest absolute Gasteiger partial charge is 0.375 e. The van der Waals surface area contributed by atoms with Crippen molar-refractivity contribution >= 4 is 15.9 Å². The molecule has 0 spiro atoms. The van der Waals surface area contributed by atoms with E-state index in [1.54, 1.807) is 0 Å². The molecule has 1 aliphatic heterocycles. The van der Waals surface area contributed by atoms with Crippen LogP contribution < -0.4 is 0 Å². The normalized spacial score (nSPS) is 42.5. The number of rotatable bonds is 2. The van der Waals surface area contributed by atoms with Gasteiger partial charge in [-0.2, -0.15) is 0 Å². The van der Waals surface area contributed by atoms with Crippen molar-refractivity contribution < 1.29 is 4.74 Å². The molecule has 0 saturated carbocycles. The average Bonchev–Trinajstić information content (AvgIpc) is 2.26. The smallest absolute Gasteiger partial charge is 0.0618 e. The maximum Gasteiger partial charge on any atom is 0.0618 e. The Labute approximate surface area is 84.0 Å². The number of halogens is 1. The van der Waals surface area contributed by atoms with Crippen molar-refractivity contribution in [3.05, 3.63) is 0 Å². The highest BCUT2D eigenvalue weighted by Crippen LogP contribution is 2.45. The van der Waals surface area contributed by atoms with Crippen LogP contribution in [0.15, 0.2) is 0 Å². The van der Waals surface area contributed by atoms with Crippen molar-refractivity contribution in [1.82, 2.24) is 0 Å². The second-order valence-electron chi connectivity index (χ2n) is 4.31. The van der Waals surface area contributed by atoms with Crippen molar-refractivity contribution in [3.63, 3.8) is 0 Å². The molecule has 1 nitrogen and oxygen atoms in total. The fourth-order valence-electron chi connectivity index (χ4n) is 2.26. The van der Waals surface area contributed by atoms with Crippen LogP contribution in [-0.2, 0) is 4.74 Å². The number of ether oxygens (including phenoxy) is 1. The lowest BCUT2D eigenvalue weighted by molar-refractivity contribution is 0.0241. The lowest BCUT2D eigenvalue weighted by atomic mass is 9.73. The summed E-state index contributed by atoms with van der Waals surface area (Å²) in [6.07, 6.45) is 2.02. The molecule has 1 rings (SSSR count). The molecule has 1 heterocycles. The molecule has 3 unspecified atom stereocenters. The average molecular weight is 235 g/mol. The van der Waals surface area contributed by atoms with Crippen LogP contribution in [0.2, 0.25) is 0 Å². The molecule has 1 aliphatic rings. The first-order valence-electron chi connectivity index (χ1n) is 4.74. The Balaban J connectivity index is 2.79. The van der Waals surface area contributed by atoms with Gasteiger partial charge in [0, 0.05) is 10.7 Å². The lowest BCUT2D eigenvalue weighted by Gasteiger charge is -2.34. The van der Waals surface area contributed by atoms with E-state index < -0.39 is 0 Å². The van der Waals surface area contributed by atoms with Gasteiger partial charge in [-0.25, -0.2) is 0 Å². The zero-order valence-corrected chi connectivity index (χ0v) is 10.0. The van der Waals surface area contributed by atoms with Crippen molar-refractivity contribution in [1.29, 1.82) is 0 Å². The van der Waals surface area contributed by atoms with Crippen molar-refractivity contribution in [2.75, 3.05) is 5.33 Å². The van der Waals surface area contributed by atoms with Crippen molar-refractivity contribution in [3.8, 4) is 0 Å². The second-order valence-corrected chi connectivity index (χ2v) is 4.88. The highest BCUT2D eigenvalue weighted by Gasteiger charge is 2.45.